The van der Waals surface area contributed by atoms with Gasteiger partial charge in [-0.05, 0) is 34.6 Å². The van der Waals surface area contributed by atoms with Crippen LogP contribution in [0.5, 0.6) is 0 Å². The molecule has 0 spiro atoms. The van der Waals surface area contributed by atoms with Gasteiger partial charge in [0.05, 0.1) is 6.54 Å². The number of hydrogen-bond donors (Lipinski definition) is 2. The summed E-state index contributed by atoms with van der Waals surface area (Å²) in [4.78, 5) is 12.4. The fraction of sp³-hybridized carbons (Fsp3) is 0.381. The minimum absolute atomic E-state index is 0.0124. The van der Waals surface area contributed by atoms with Crippen LogP contribution in [0.4, 0.5) is 11.4 Å². The summed E-state index contributed by atoms with van der Waals surface area (Å²) in [6.45, 7) is 11.0. The molecule has 3 heteroatoms. The SMILES string of the molecule is CC(C)c1ccccc1NCC(=O)Nc1ccccc1C(C)(C)C. The van der Waals surface area contributed by atoms with Gasteiger partial charge in [-0.3, -0.25) is 4.79 Å². The van der Waals surface area contributed by atoms with Gasteiger partial charge < -0.3 is 10.6 Å². The summed E-state index contributed by atoms with van der Waals surface area (Å²) in [5, 5.41) is 6.30. The maximum atomic E-state index is 12.4. The second-order valence-electron chi connectivity index (χ2n) is 7.44. The molecule has 0 fully saturated rings. The van der Waals surface area contributed by atoms with Gasteiger partial charge in [-0.1, -0.05) is 71.0 Å². The third-order valence-electron chi connectivity index (χ3n) is 4.03. The summed E-state index contributed by atoms with van der Waals surface area (Å²) < 4.78 is 0. The molecule has 0 saturated carbocycles. The van der Waals surface area contributed by atoms with E-state index in [4.69, 9.17) is 0 Å². The lowest BCUT2D eigenvalue weighted by Gasteiger charge is -2.23. The molecule has 128 valence electrons. The zero-order valence-electron chi connectivity index (χ0n) is 15.3. The normalized spacial score (nSPS) is 11.4. The van der Waals surface area contributed by atoms with Gasteiger partial charge in [0.25, 0.3) is 0 Å². The van der Waals surface area contributed by atoms with E-state index in [1.54, 1.807) is 0 Å². The standard InChI is InChI=1S/C21H28N2O/c1-15(2)16-10-6-8-12-18(16)22-14-20(24)23-19-13-9-7-11-17(19)21(3,4)5/h6-13,15,22H,14H2,1-5H3,(H,23,24). The molecule has 2 N–H and O–H groups in total. The molecule has 0 heterocycles. The van der Waals surface area contributed by atoms with Gasteiger partial charge in [-0.2, -0.15) is 0 Å². The highest BCUT2D eigenvalue weighted by molar-refractivity contribution is 5.94. The summed E-state index contributed by atoms with van der Waals surface area (Å²) in [5.41, 5.74) is 4.25. The average molecular weight is 324 g/mol. The zero-order chi connectivity index (χ0) is 17.7. The van der Waals surface area contributed by atoms with Crippen LogP contribution in [0.15, 0.2) is 48.5 Å². The Kier molecular flexibility index (Phi) is 5.66. The summed E-state index contributed by atoms with van der Waals surface area (Å²) >= 11 is 0. The molecular formula is C21H28N2O. The Hall–Kier alpha value is -2.29. The van der Waals surface area contributed by atoms with E-state index in [9.17, 15) is 4.79 Å². The number of amides is 1. The van der Waals surface area contributed by atoms with Crippen LogP contribution < -0.4 is 10.6 Å². The van der Waals surface area contributed by atoms with E-state index >= 15 is 0 Å². The number of nitrogens with one attached hydrogen (secondary N) is 2. The molecule has 0 unspecified atom stereocenters. The predicted octanol–water partition coefficient (Wildman–Crippen LogP) is 5.16. The largest absolute Gasteiger partial charge is 0.376 e. The minimum Gasteiger partial charge on any atom is -0.376 e. The molecule has 0 aliphatic rings. The van der Waals surface area contributed by atoms with E-state index in [2.05, 4.69) is 57.4 Å². The first-order chi connectivity index (χ1) is 11.3. The maximum Gasteiger partial charge on any atom is 0.243 e. The van der Waals surface area contributed by atoms with Crippen molar-refractivity contribution in [1.82, 2.24) is 0 Å². The first-order valence-electron chi connectivity index (χ1n) is 8.51. The fourth-order valence-corrected chi connectivity index (χ4v) is 2.78. The predicted molar refractivity (Wildman–Crippen MR) is 103 cm³/mol. The molecule has 0 radical (unpaired) electrons. The van der Waals surface area contributed by atoms with E-state index in [1.807, 2.05) is 36.4 Å². The van der Waals surface area contributed by atoms with E-state index < -0.39 is 0 Å². The van der Waals surface area contributed by atoms with Crippen molar-refractivity contribution in [3.63, 3.8) is 0 Å². The van der Waals surface area contributed by atoms with Gasteiger partial charge in [0.2, 0.25) is 5.91 Å². The van der Waals surface area contributed by atoms with Crippen LogP contribution >= 0.6 is 0 Å². The van der Waals surface area contributed by atoms with Gasteiger partial charge in [-0.25, -0.2) is 0 Å². The van der Waals surface area contributed by atoms with Crippen molar-refractivity contribution in [1.29, 1.82) is 0 Å². The molecule has 0 aliphatic carbocycles. The highest BCUT2D eigenvalue weighted by Crippen LogP contribution is 2.29. The number of carbonyl (C=O) groups is 1. The molecule has 24 heavy (non-hydrogen) atoms. The van der Waals surface area contributed by atoms with Gasteiger partial charge in [-0.15, -0.1) is 0 Å². The number of anilines is 2. The van der Waals surface area contributed by atoms with Crippen molar-refractivity contribution in [3.05, 3.63) is 59.7 Å². The first-order valence-corrected chi connectivity index (χ1v) is 8.51. The topological polar surface area (TPSA) is 41.1 Å². The molecular weight excluding hydrogens is 296 g/mol. The molecule has 0 aliphatic heterocycles. The highest BCUT2D eigenvalue weighted by atomic mass is 16.1. The van der Waals surface area contributed by atoms with Crippen molar-refractivity contribution >= 4 is 17.3 Å². The maximum absolute atomic E-state index is 12.4. The van der Waals surface area contributed by atoms with Gasteiger partial charge in [0.1, 0.15) is 0 Å². The van der Waals surface area contributed by atoms with Gasteiger partial charge >= 0.3 is 0 Å². The van der Waals surface area contributed by atoms with Crippen molar-refractivity contribution in [3.8, 4) is 0 Å². The summed E-state index contributed by atoms with van der Waals surface area (Å²) in [6, 6.07) is 16.1. The van der Waals surface area contributed by atoms with Crippen LogP contribution in [0.1, 0.15) is 51.7 Å². The van der Waals surface area contributed by atoms with Crippen LogP contribution in [0.2, 0.25) is 0 Å². The van der Waals surface area contributed by atoms with E-state index in [0.29, 0.717) is 5.92 Å². The molecule has 0 saturated heterocycles. The van der Waals surface area contributed by atoms with Crippen LogP contribution in [0.3, 0.4) is 0 Å². The molecule has 2 aromatic carbocycles. The lowest BCUT2D eigenvalue weighted by Crippen LogP contribution is -2.24. The van der Waals surface area contributed by atoms with E-state index in [0.717, 1.165) is 16.9 Å². The monoisotopic (exact) mass is 324 g/mol. The lowest BCUT2D eigenvalue weighted by molar-refractivity contribution is -0.114. The average Bonchev–Trinajstić information content (AvgIpc) is 2.52. The lowest BCUT2D eigenvalue weighted by atomic mass is 9.86. The molecule has 2 aromatic rings. The Labute approximate surface area is 145 Å². The summed E-state index contributed by atoms with van der Waals surface area (Å²) in [7, 11) is 0. The van der Waals surface area contributed by atoms with Crippen molar-refractivity contribution in [2.75, 3.05) is 17.2 Å². The highest BCUT2D eigenvalue weighted by Gasteiger charge is 2.18. The summed E-state index contributed by atoms with van der Waals surface area (Å²) in [5.74, 6) is 0.378. The molecule has 3 nitrogen and oxygen atoms in total. The number of hydrogen-bond acceptors (Lipinski definition) is 2. The molecule has 0 bridgehead atoms. The van der Waals surface area contributed by atoms with Crippen LogP contribution in [0, 0.1) is 0 Å². The minimum atomic E-state index is -0.0368. The van der Waals surface area contributed by atoms with E-state index in [-0.39, 0.29) is 17.9 Å². The number of para-hydroxylation sites is 2. The third kappa shape index (κ3) is 4.60. The van der Waals surface area contributed by atoms with Gasteiger partial charge in [0.15, 0.2) is 0 Å². The van der Waals surface area contributed by atoms with Gasteiger partial charge in [0, 0.05) is 11.4 Å². The fourth-order valence-electron chi connectivity index (χ4n) is 2.78. The Morgan fingerprint density at radius 2 is 1.54 bits per heavy atom. The van der Waals surface area contributed by atoms with Crippen LogP contribution in [0.25, 0.3) is 0 Å². The second-order valence-corrected chi connectivity index (χ2v) is 7.44. The Bertz CT molecular complexity index is 699. The molecule has 2 rings (SSSR count). The smallest absolute Gasteiger partial charge is 0.243 e. The second kappa shape index (κ2) is 7.52. The Morgan fingerprint density at radius 1 is 0.958 bits per heavy atom. The number of rotatable bonds is 5. The molecule has 0 aromatic heterocycles. The summed E-state index contributed by atoms with van der Waals surface area (Å²) in [6.07, 6.45) is 0. The Morgan fingerprint density at radius 3 is 2.17 bits per heavy atom. The van der Waals surface area contributed by atoms with Crippen molar-refractivity contribution < 1.29 is 4.79 Å². The molecule has 0 atom stereocenters. The zero-order valence-corrected chi connectivity index (χ0v) is 15.3. The van der Waals surface area contributed by atoms with Crippen LogP contribution in [-0.4, -0.2) is 12.5 Å². The van der Waals surface area contributed by atoms with Crippen molar-refractivity contribution in [2.24, 2.45) is 0 Å². The van der Waals surface area contributed by atoms with Crippen molar-refractivity contribution in [2.45, 2.75) is 46.0 Å². The first kappa shape index (κ1) is 18.1. The third-order valence-corrected chi connectivity index (χ3v) is 4.03. The van der Waals surface area contributed by atoms with Crippen LogP contribution in [-0.2, 0) is 10.2 Å². The quantitative estimate of drug-likeness (QED) is 0.798. The number of carbonyl (C=O) groups excluding carboxylic acids is 1. The Balaban J connectivity index is 2.06. The van der Waals surface area contributed by atoms with E-state index in [1.165, 1.54) is 5.56 Å². The molecule has 1 amide bonds. The number of benzene rings is 2.